The van der Waals surface area contributed by atoms with Gasteiger partial charge in [0.2, 0.25) is 0 Å². The van der Waals surface area contributed by atoms with Crippen LogP contribution in [-0.2, 0) is 0 Å². The summed E-state index contributed by atoms with van der Waals surface area (Å²) in [4.78, 5) is 5.23. The van der Waals surface area contributed by atoms with Gasteiger partial charge in [-0.15, -0.1) is 11.3 Å². The fourth-order valence-electron chi connectivity index (χ4n) is 6.74. The maximum absolute atomic E-state index is 6.63. The van der Waals surface area contributed by atoms with Crippen LogP contribution in [-0.4, -0.2) is 4.98 Å². The van der Waals surface area contributed by atoms with Gasteiger partial charge in [0.1, 0.15) is 16.2 Å². The number of aromatic nitrogens is 1. The molecule has 3 heteroatoms. The number of hydrogen-bond donors (Lipinski definition) is 0. The quantitative estimate of drug-likeness (QED) is 0.186. The topological polar surface area (TPSA) is 26.0 Å². The molecule has 0 N–H and O–H groups in total. The number of rotatable bonds is 6. The van der Waals surface area contributed by atoms with Crippen LogP contribution < -0.4 is 0 Å². The van der Waals surface area contributed by atoms with Crippen LogP contribution >= 0.6 is 11.3 Å². The van der Waals surface area contributed by atoms with Crippen LogP contribution in [0.15, 0.2) is 132 Å². The summed E-state index contributed by atoms with van der Waals surface area (Å²) in [5.41, 5.74) is 14.1. The van der Waals surface area contributed by atoms with Gasteiger partial charge in [0.15, 0.2) is 0 Å². The van der Waals surface area contributed by atoms with Crippen molar-refractivity contribution in [2.45, 2.75) is 39.5 Å². The molecule has 2 heterocycles. The monoisotopic (exact) mass is 613 g/mol. The lowest BCUT2D eigenvalue weighted by molar-refractivity contribution is 0.670. The predicted molar refractivity (Wildman–Crippen MR) is 197 cm³/mol. The van der Waals surface area contributed by atoms with E-state index in [0.717, 1.165) is 43.6 Å². The molecule has 224 valence electrons. The summed E-state index contributed by atoms with van der Waals surface area (Å²) in [6.07, 6.45) is 0. The molecule has 0 spiro atoms. The number of hydrogen-bond acceptors (Lipinski definition) is 3. The zero-order chi connectivity index (χ0) is 31.4. The smallest absolute Gasteiger partial charge is 0.145 e. The van der Waals surface area contributed by atoms with E-state index in [1.54, 1.807) is 11.3 Å². The maximum atomic E-state index is 6.63. The van der Waals surface area contributed by atoms with Crippen molar-refractivity contribution in [2.24, 2.45) is 0 Å². The number of benzene rings is 6. The summed E-state index contributed by atoms with van der Waals surface area (Å²) >= 11 is 1.77. The van der Waals surface area contributed by atoms with Gasteiger partial charge in [-0.2, -0.15) is 0 Å². The molecule has 0 fully saturated rings. The summed E-state index contributed by atoms with van der Waals surface area (Å²) < 4.78 is 7.85. The van der Waals surface area contributed by atoms with Crippen molar-refractivity contribution in [2.75, 3.05) is 0 Å². The van der Waals surface area contributed by atoms with Crippen molar-refractivity contribution in [3.05, 3.63) is 139 Å². The standard InChI is InChI=1S/C43H35NOS/c1-26(2)36-23-31(29-15-9-6-10-16-29)24-37(27(3)4)40(36)34-18-12-20-38-42(34)46-43(44-38)35-19-11-17-33-32-22-21-30(25-39(32)45-41(33)35)28-13-7-5-8-14-28/h5-27H,1-4H3. The summed E-state index contributed by atoms with van der Waals surface area (Å²) in [7, 11) is 0. The van der Waals surface area contributed by atoms with E-state index in [1.165, 1.54) is 43.6 Å². The highest BCUT2D eigenvalue weighted by molar-refractivity contribution is 7.22. The minimum absolute atomic E-state index is 0.365. The van der Waals surface area contributed by atoms with Crippen LogP contribution in [0.1, 0.15) is 50.7 Å². The molecule has 0 atom stereocenters. The normalized spacial score (nSPS) is 11.9. The van der Waals surface area contributed by atoms with Gasteiger partial charge >= 0.3 is 0 Å². The van der Waals surface area contributed by atoms with Crippen LogP contribution in [0, 0.1) is 0 Å². The van der Waals surface area contributed by atoms with Crippen molar-refractivity contribution in [1.82, 2.24) is 4.98 Å². The fourth-order valence-corrected chi connectivity index (χ4v) is 7.85. The predicted octanol–water partition coefficient (Wildman–Crippen LogP) is 13.1. The Morgan fingerprint density at radius 1 is 0.543 bits per heavy atom. The number of fused-ring (bicyclic) bond motifs is 4. The molecule has 6 aromatic carbocycles. The van der Waals surface area contributed by atoms with Gasteiger partial charge in [-0.3, -0.25) is 0 Å². The van der Waals surface area contributed by atoms with E-state index in [4.69, 9.17) is 9.40 Å². The Morgan fingerprint density at radius 3 is 1.85 bits per heavy atom. The number of para-hydroxylation sites is 1. The molecule has 0 amide bonds. The molecule has 0 saturated heterocycles. The van der Waals surface area contributed by atoms with E-state index in [9.17, 15) is 0 Å². The molecule has 0 bridgehead atoms. The summed E-state index contributed by atoms with van der Waals surface area (Å²) in [5.74, 6) is 0.729. The second kappa shape index (κ2) is 11.4. The van der Waals surface area contributed by atoms with Gasteiger partial charge < -0.3 is 4.42 Å². The molecule has 8 rings (SSSR count). The van der Waals surface area contributed by atoms with Crippen molar-refractivity contribution >= 4 is 43.5 Å². The van der Waals surface area contributed by atoms with Crippen LogP contribution in [0.2, 0.25) is 0 Å². The van der Waals surface area contributed by atoms with Crippen molar-refractivity contribution < 1.29 is 4.42 Å². The Hall–Kier alpha value is -4.99. The van der Waals surface area contributed by atoms with E-state index < -0.39 is 0 Å². The van der Waals surface area contributed by atoms with E-state index >= 15 is 0 Å². The average molecular weight is 614 g/mol. The van der Waals surface area contributed by atoms with Crippen molar-refractivity contribution in [1.29, 1.82) is 0 Å². The second-order valence-electron chi connectivity index (χ2n) is 12.7. The van der Waals surface area contributed by atoms with Gasteiger partial charge in [0.25, 0.3) is 0 Å². The molecule has 46 heavy (non-hydrogen) atoms. The van der Waals surface area contributed by atoms with E-state index in [-0.39, 0.29) is 0 Å². The average Bonchev–Trinajstić information content (AvgIpc) is 3.70. The van der Waals surface area contributed by atoms with E-state index in [2.05, 4.69) is 149 Å². The highest BCUT2D eigenvalue weighted by Gasteiger charge is 2.22. The summed E-state index contributed by atoms with van der Waals surface area (Å²) in [5, 5.41) is 3.22. The van der Waals surface area contributed by atoms with Crippen LogP contribution in [0.5, 0.6) is 0 Å². The lowest BCUT2D eigenvalue weighted by atomic mass is 9.82. The largest absolute Gasteiger partial charge is 0.455 e. The zero-order valence-corrected chi connectivity index (χ0v) is 27.4. The Morgan fingerprint density at radius 2 is 1.17 bits per heavy atom. The summed E-state index contributed by atoms with van der Waals surface area (Å²) in [6.45, 7) is 9.23. The van der Waals surface area contributed by atoms with E-state index in [1.807, 2.05) is 6.07 Å². The van der Waals surface area contributed by atoms with Crippen molar-refractivity contribution in [3.8, 4) is 44.0 Å². The van der Waals surface area contributed by atoms with Gasteiger partial charge in [0, 0.05) is 16.3 Å². The molecule has 0 unspecified atom stereocenters. The van der Waals surface area contributed by atoms with Crippen LogP contribution in [0.4, 0.5) is 0 Å². The first-order valence-corrected chi connectivity index (χ1v) is 16.9. The molecule has 0 aliphatic carbocycles. The first-order chi connectivity index (χ1) is 22.5. The maximum Gasteiger partial charge on any atom is 0.145 e. The number of furan rings is 1. The van der Waals surface area contributed by atoms with Crippen molar-refractivity contribution in [3.63, 3.8) is 0 Å². The molecule has 0 aliphatic heterocycles. The lowest BCUT2D eigenvalue weighted by Crippen LogP contribution is -2.01. The Kier molecular flexibility index (Phi) is 7.07. The molecule has 2 nitrogen and oxygen atoms in total. The molecule has 0 aliphatic rings. The SMILES string of the molecule is CC(C)c1cc(-c2ccccc2)cc(C(C)C)c1-c1cccc2nc(-c3cccc4c3oc3cc(-c5ccccc5)ccc34)sc12. The Labute approximate surface area is 274 Å². The number of nitrogens with zero attached hydrogens (tertiary/aromatic N) is 1. The minimum Gasteiger partial charge on any atom is -0.455 e. The first kappa shape index (κ1) is 28.5. The fraction of sp³-hybridized carbons (Fsp3) is 0.140. The second-order valence-corrected chi connectivity index (χ2v) is 13.7. The lowest BCUT2D eigenvalue weighted by Gasteiger charge is -2.22. The molecular weight excluding hydrogens is 579 g/mol. The first-order valence-electron chi connectivity index (χ1n) is 16.1. The third-order valence-electron chi connectivity index (χ3n) is 9.07. The third kappa shape index (κ3) is 4.83. The van der Waals surface area contributed by atoms with E-state index in [0.29, 0.717) is 11.8 Å². The van der Waals surface area contributed by atoms with Gasteiger partial charge in [-0.05, 0) is 75.0 Å². The Balaban J connectivity index is 1.30. The molecule has 8 aromatic rings. The number of thiazole rings is 1. The molecule has 2 aromatic heterocycles. The highest BCUT2D eigenvalue weighted by atomic mass is 32.1. The molecule has 0 saturated carbocycles. The third-order valence-corrected chi connectivity index (χ3v) is 10.2. The summed E-state index contributed by atoms with van der Waals surface area (Å²) in [6, 6.07) is 45.6. The van der Waals surface area contributed by atoms with Crippen LogP contribution in [0.3, 0.4) is 0 Å². The Bertz CT molecular complexity index is 2330. The van der Waals surface area contributed by atoms with Gasteiger partial charge in [-0.25, -0.2) is 4.98 Å². The van der Waals surface area contributed by atoms with Gasteiger partial charge in [-0.1, -0.05) is 131 Å². The minimum atomic E-state index is 0.365. The highest BCUT2D eigenvalue weighted by Crippen LogP contribution is 2.46. The van der Waals surface area contributed by atoms with Crippen LogP contribution in [0.25, 0.3) is 76.1 Å². The molecular formula is C43H35NOS. The zero-order valence-electron chi connectivity index (χ0n) is 26.5. The molecule has 0 radical (unpaired) electrons. The van der Waals surface area contributed by atoms with Gasteiger partial charge in [0.05, 0.1) is 15.8 Å².